The van der Waals surface area contributed by atoms with Gasteiger partial charge < -0.3 is 15.2 Å². The standard InChI is InChI=1S/C16H14BrNO4/c1-10-8-12(4-7-14(10)17)18-15(20)9-22-16(21)11-2-5-13(19)6-3-11/h2-8,19H,9H2,1H3,(H,18,20). The summed E-state index contributed by atoms with van der Waals surface area (Å²) in [5.74, 6) is -0.990. The zero-order valence-electron chi connectivity index (χ0n) is 11.8. The number of rotatable bonds is 4. The molecule has 0 aliphatic rings. The van der Waals surface area contributed by atoms with Gasteiger partial charge in [0.2, 0.25) is 0 Å². The van der Waals surface area contributed by atoms with Gasteiger partial charge >= 0.3 is 5.97 Å². The number of hydrogen-bond acceptors (Lipinski definition) is 4. The number of carbonyl (C=O) groups excluding carboxylic acids is 2. The first kappa shape index (κ1) is 16.0. The average molecular weight is 364 g/mol. The van der Waals surface area contributed by atoms with Gasteiger partial charge in [0, 0.05) is 10.2 Å². The Hall–Kier alpha value is -2.34. The van der Waals surface area contributed by atoms with Crippen molar-refractivity contribution < 1.29 is 19.4 Å². The molecule has 0 aromatic heterocycles. The normalized spacial score (nSPS) is 10.1. The van der Waals surface area contributed by atoms with Crippen LogP contribution in [0.1, 0.15) is 15.9 Å². The fourth-order valence-electron chi connectivity index (χ4n) is 1.73. The molecular formula is C16H14BrNO4. The van der Waals surface area contributed by atoms with Gasteiger partial charge in [-0.05, 0) is 55.0 Å². The summed E-state index contributed by atoms with van der Waals surface area (Å²) in [6.07, 6.45) is 0. The van der Waals surface area contributed by atoms with Gasteiger partial charge in [-0.1, -0.05) is 15.9 Å². The SMILES string of the molecule is Cc1cc(NC(=O)COC(=O)c2ccc(O)cc2)ccc1Br. The van der Waals surface area contributed by atoms with Gasteiger partial charge in [-0.3, -0.25) is 4.79 Å². The van der Waals surface area contributed by atoms with Crippen LogP contribution in [0.2, 0.25) is 0 Å². The quantitative estimate of drug-likeness (QED) is 0.817. The highest BCUT2D eigenvalue weighted by molar-refractivity contribution is 9.10. The Kier molecular flexibility index (Phi) is 5.16. The van der Waals surface area contributed by atoms with Crippen molar-refractivity contribution in [1.29, 1.82) is 0 Å². The third-order valence-electron chi connectivity index (χ3n) is 2.88. The van der Waals surface area contributed by atoms with Crippen LogP contribution in [0, 0.1) is 6.92 Å². The number of phenolic OH excluding ortho intramolecular Hbond substituents is 1. The molecule has 0 aliphatic heterocycles. The fourth-order valence-corrected chi connectivity index (χ4v) is 1.98. The summed E-state index contributed by atoms with van der Waals surface area (Å²) < 4.78 is 5.86. The van der Waals surface area contributed by atoms with Crippen LogP contribution in [0.5, 0.6) is 5.75 Å². The van der Waals surface area contributed by atoms with Gasteiger partial charge in [0.25, 0.3) is 5.91 Å². The molecule has 6 heteroatoms. The Morgan fingerprint density at radius 2 is 1.86 bits per heavy atom. The number of carbonyl (C=O) groups is 2. The highest BCUT2D eigenvalue weighted by Gasteiger charge is 2.10. The number of nitrogens with one attached hydrogen (secondary N) is 1. The minimum absolute atomic E-state index is 0.0555. The largest absolute Gasteiger partial charge is 0.508 e. The maximum atomic E-state index is 11.8. The third-order valence-corrected chi connectivity index (χ3v) is 3.77. The van der Waals surface area contributed by atoms with Crippen molar-refractivity contribution in [3.05, 3.63) is 58.1 Å². The van der Waals surface area contributed by atoms with Crippen molar-refractivity contribution in [3.8, 4) is 5.75 Å². The minimum atomic E-state index is -0.623. The van der Waals surface area contributed by atoms with Crippen LogP contribution in [0.15, 0.2) is 46.9 Å². The highest BCUT2D eigenvalue weighted by atomic mass is 79.9. The highest BCUT2D eigenvalue weighted by Crippen LogP contribution is 2.20. The lowest BCUT2D eigenvalue weighted by Crippen LogP contribution is -2.20. The average Bonchev–Trinajstić information content (AvgIpc) is 2.49. The Labute approximate surface area is 136 Å². The van der Waals surface area contributed by atoms with Crippen molar-refractivity contribution in [2.24, 2.45) is 0 Å². The van der Waals surface area contributed by atoms with E-state index in [4.69, 9.17) is 9.84 Å². The number of aromatic hydroxyl groups is 1. The second kappa shape index (κ2) is 7.09. The van der Waals surface area contributed by atoms with Crippen molar-refractivity contribution in [2.45, 2.75) is 6.92 Å². The van der Waals surface area contributed by atoms with Crippen molar-refractivity contribution in [1.82, 2.24) is 0 Å². The molecule has 5 nitrogen and oxygen atoms in total. The van der Waals surface area contributed by atoms with E-state index >= 15 is 0 Å². The van der Waals surface area contributed by atoms with Gasteiger partial charge in [0.05, 0.1) is 5.56 Å². The van der Waals surface area contributed by atoms with E-state index in [1.165, 1.54) is 24.3 Å². The van der Waals surface area contributed by atoms with Crippen LogP contribution < -0.4 is 5.32 Å². The molecule has 0 heterocycles. The van der Waals surface area contributed by atoms with E-state index in [-0.39, 0.29) is 17.9 Å². The molecule has 22 heavy (non-hydrogen) atoms. The fraction of sp³-hybridized carbons (Fsp3) is 0.125. The Morgan fingerprint density at radius 3 is 2.50 bits per heavy atom. The number of hydrogen-bond donors (Lipinski definition) is 2. The molecule has 2 aromatic carbocycles. The molecule has 114 valence electrons. The number of aryl methyl sites for hydroxylation is 1. The molecule has 0 saturated heterocycles. The van der Waals surface area contributed by atoms with Crippen molar-refractivity contribution in [2.75, 3.05) is 11.9 Å². The van der Waals surface area contributed by atoms with Crippen LogP contribution in [0.4, 0.5) is 5.69 Å². The summed E-state index contributed by atoms with van der Waals surface area (Å²) >= 11 is 3.38. The third kappa shape index (κ3) is 4.33. The van der Waals surface area contributed by atoms with E-state index in [2.05, 4.69) is 21.2 Å². The van der Waals surface area contributed by atoms with E-state index in [9.17, 15) is 9.59 Å². The number of phenols is 1. The first-order chi connectivity index (χ1) is 10.5. The Balaban J connectivity index is 1.88. The van der Waals surface area contributed by atoms with Gasteiger partial charge in [0.15, 0.2) is 6.61 Å². The van der Waals surface area contributed by atoms with Gasteiger partial charge in [0.1, 0.15) is 5.75 Å². The Bertz CT molecular complexity index is 698. The molecule has 0 fully saturated rings. The second-order valence-corrected chi connectivity index (χ2v) is 5.49. The van der Waals surface area contributed by atoms with E-state index in [0.29, 0.717) is 5.69 Å². The Morgan fingerprint density at radius 1 is 1.18 bits per heavy atom. The summed E-state index contributed by atoms with van der Waals surface area (Å²) in [4.78, 5) is 23.5. The first-order valence-electron chi connectivity index (χ1n) is 6.48. The monoisotopic (exact) mass is 363 g/mol. The number of esters is 1. The molecule has 0 bridgehead atoms. The minimum Gasteiger partial charge on any atom is -0.508 e. The van der Waals surface area contributed by atoms with E-state index < -0.39 is 11.9 Å². The van der Waals surface area contributed by atoms with Gasteiger partial charge in [-0.25, -0.2) is 4.79 Å². The van der Waals surface area contributed by atoms with Crippen molar-refractivity contribution >= 4 is 33.5 Å². The summed E-state index contributed by atoms with van der Waals surface area (Å²) in [6, 6.07) is 11.0. The van der Waals surface area contributed by atoms with E-state index in [0.717, 1.165) is 10.0 Å². The van der Waals surface area contributed by atoms with Crippen LogP contribution in [0.3, 0.4) is 0 Å². The number of amides is 1. The molecule has 0 spiro atoms. The van der Waals surface area contributed by atoms with Crippen LogP contribution in [0.25, 0.3) is 0 Å². The number of halogens is 1. The maximum Gasteiger partial charge on any atom is 0.338 e. The first-order valence-corrected chi connectivity index (χ1v) is 7.27. The second-order valence-electron chi connectivity index (χ2n) is 4.64. The molecule has 0 saturated carbocycles. The predicted molar refractivity (Wildman–Crippen MR) is 85.9 cm³/mol. The number of anilines is 1. The lowest BCUT2D eigenvalue weighted by Gasteiger charge is -2.08. The zero-order chi connectivity index (χ0) is 16.1. The van der Waals surface area contributed by atoms with E-state index in [1.54, 1.807) is 6.07 Å². The summed E-state index contributed by atoms with van der Waals surface area (Å²) in [5.41, 5.74) is 1.88. The van der Waals surface area contributed by atoms with Gasteiger partial charge in [-0.2, -0.15) is 0 Å². The topological polar surface area (TPSA) is 75.6 Å². The summed E-state index contributed by atoms with van der Waals surface area (Å²) in [6.45, 7) is 1.53. The molecule has 2 rings (SSSR count). The molecule has 2 N–H and O–H groups in total. The lowest BCUT2D eigenvalue weighted by atomic mass is 10.2. The summed E-state index contributed by atoms with van der Waals surface area (Å²) in [5, 5.41) is 11.8. The van der Waals surface area contributed by atoms with Crippen LogP contribution >= 0.6 is 15.9 Å². The smallest absolute Gasteiger partial charge is 0.338 e. The molecule has 2 aromatic rings. The lowest BCUT2D eigenvalue weighted by molar-refractivity contribution is -0.119. The van der Waals surface area contributed by atoms with Crippen LogP contribution in [-0.2, 0) is 9.53 Å². The molecule has 0 atom stereocenters. The summed E-state index contributed by atoms with van der Waals surface area (Å²) in [7, 11) is 0. The van der Waals surface area contributed by atoms with E-state index in [1.807, 2.05) is 19.1 Å². The maximum absolute atomic E-state index is 11.8. The van der Waals surface area contributed by atoms with Crippen molar-refractivity contribution in [3.63, 3.8) is 0 Å². The predicted octanol–water partition coefficient (Wildman–Crippen LogP) is 3.26. The van der Waals surface area contributed by atoms with Crippen LogP contribution in [-0.4, -0.2) is 23.6 Å². The molecule has 1 amide bonds. The van der Waals surface area contributed by atoms with Gasteiger partial charge in [-0.15, -0.1) is 0 Å². The number of ether oxygens (including phenoxy) is 1. The number of benzene rings is 2. The molecular weight excluding hydrogens is 350 g/mol. The molecule has 0 radical (unpaired) electrons. The molecule has 0 aliphatic carbocycles. The zero-order valence-corrected chi connectivity index (χ0v) is 13.4. The molecule has 0 unspecified atom stereocenters.